The Morgan fingerprint density at radius 3 is 2.78 bits per heavy atom. The van der Waals surface area contributed by atoms with Gasteiger partial charge < -0.3 is 10.6 Å². The molecule has 23 heavy (non-hydrogen) atoms. The van der Waals surface area contributed by atoms with Crippen molar-refractivity contribution in [3.63, 3.8) is 0 Å². The summed E-state index contributed by atoms with van der Waals surface area (Å²) in [6.07, 6.45) is -1.74. The highest BCUT2D eigenvalue weighted by atomic mass is 19.4. The Morgan fingerprint density at radius 2 is 2.22 bits per heavy atom. The van der Waals surface area contributed by atoms with Crippen LogP contribution < -0.4 is 10.6 Å². The zero-order chi connectivity index (χ0) is 17.0. The van der Waals surface area contributed by atoms with E-state index in [-0.39, 0.29) is 23.8 Å². The van der Waals surface area contributed by atoms with Gasteiger partial charge in [0.1, 0.15) is 11.7 Å². The molecule has 2 heterocycles. The van der Waals surface area contributed by atoms with Crippen LogP contribution >= 0.6 is 0 Å². The maximum absolute atomic E-state index is 13.8. The first-order chi connectivity index (χ1) is 10.9. The van der Waals surface area contributed by atoms with Gasteiger partial charge in [0.25, 0.3) is 0 Å². The standard InChI is InChI=1S/C15H18F4N4/c1-3-9(4-2)13-10(15(17,18)19)7-21-14(23-13)22-12-5-6-20-8-11(12)16/h3-4,7,11-12,20H,1,5-6,8H2,2H3,(H,21,22,23)/b9-4+/t11-,12+/m1/s1. The van der Waals surface area contributed by atoms with Crippen molar-refractivity contribution in [2.75, 3.05) is 18.4 Å². The van der Waals surface area contributed by atoms with E-state index in [9.17, 15) is 17.6 Å². The van der Waals surface area contributed by atoms with E-state index in [1.54, 1.807) is 6.92 Å². The van der Waals surface area contributed by atoms with E-state index in [0.29, 0.717) is 19.2 Å². The Bertz CT molecular complexity index is 598. The Morgan fingerprint density at radius 1 is 1.48 bits per heavy atom. The molecule has 1 saturated heterocycles. The van der Waals surface area contributed by atoms with E-state index in [2.05, 4.69) is 27.2 Å². The molecule has 4 nitrogen and oxygen atoms in total. The molecule has 126 valence electrons. The predicted molar refractivity (Wildman–Crippen MR) is 80.7 cm³/mol. The number of rotatable bonds is 4. The van der Waals surface area contributed by atoms with Crippen LogP contribution in [-0.4, -0.2) is 35.3 Å². The van der Waals surface area contributed by atoms with Crippen molar-refractivity contribution in [2.45, 2.75) is 31.7 Å². The molecule has 8 heteroatoms. The monoisotopic (exact) mass is 330 g/mol. The van der Waals surface area contributed by atoms with E-state index in [4.69, 9.17) is 0 Å². The average molecular weight is 330 g/mol. The number of halogens is 4. The SMILES string of the molecule is C=C/C(=C\C)c1nc(N[C@H]2CCNC[C@H]2F)ncc1C(F)(F)F. The minimum absolute atomic E-state index is 0.0243. The maximum atomic E-state index is 13.8. The van der Waals surface area contributed by atoms with E-state index in [1.165, 1.54) is 12.2 Å². The quantitative estimate of drug-likeness (QED) is 0.657. The van der Waals surface area contributed by atoms with Crippen molar-refractivity contribution in [3.05, 3.63) is 36.2 Å². The molecule has 0 unspecified atom stereocenters. The van der Waals surface area contributed by atoms with Gasteiger partial charge in [0.2, 0.25) is 5.95 Å². The largest absolute Gasteiger partial charge is 0.419 e. The Labute approximate surface area is 131 Å². The third-order valence-electron chi connectivity index (χ3n) is 3.62. The van der Waals surface area contributed by atoms with Crippen molar-refractivity contribution in [1.82, 2.24) is 15.3 Å². The zero-order valence-electron chi connectivity index (χ0n) is 12.6. The lowest BCUT2D eigenvalue weighted by atomic mass is 10.1. The summed E-state index contributed by atoms with van der Waals surface area (Å²) < 4.78 is 53.1. The second-order valence-electron chi connectivity index (χ2n) is 5.16. The molecule has 1 aromatic rings. The predicted octanol–water partition coefficient (Wildman–Crippen LogP) is 3.20. The van der Waals surface area contributed by atoms with Crippen LogP contribution in [-0.2, 0) is 6.18 Å². The smallest absolute Gasteiger partial charge is 0.348 e. The number of allylic oxidation sites excluding steroid dienone is 3. The maximum Gasteiger partial charge on any atom is 0.419 e. The summed E-state index contributed by atoms with van der Waals surface area (Å²) in [5, 5.41) is 5.69. The highest BCUT2D eigenvalue weighted by Crippen LogP contribution is 2.34. The van der Waals surface area contributed by atoms with E-state index >= 15 is 0 Å². The van der Waals surface area contributed by atoms with Crippen molar-refractivity contribution < 1.29 is 17.6 Å². The summed E-state index contributed by atoms with van der Waals surface area (Å²) in [6.45, 7) is 5.91. The van der Waals surface area contributed by atoms with Crippen molar-refractivity contribution in [2.24, 2.45) is 0 Å². The lowest BCUT2D eigenvalue weighted by Gasteiger charge is -2.27. The number of alkyl halides is 4. The lowest BCUT2D eigenvalue weighted by molar-refractivity contribution is -0.138. The van der Waals surface area contributed by atoms with E-state index < -0.39 is 24.0 Å². The van der Waals surface area contributed by atoms with E-state index in [1.807, 2.05) is 0 Å². The van der Waals surface area contributed by atoms with Crippen LogP contribution in [0.2, 0.25) is 0 Å². The van der Waals surface area contributed by atoms with Crippen molar-refractivity contribution >= 4 is 11.5 Å². The molecule has 2 N–H and O–H groups in total. The minimum atomic E-state index is -4.58. The van der Waals surface area contributed by atoms with Crippen LogP contribution in [0, 0.1) is 0 Å². The fourth-order valence-electron chi connectivity index (χ4n) is 2.38. The van der Waals surface area contributed by atoms with Crippen LogP contribution in [0.25, 0.3) is 5.57 Å². The van der Waals surface area contributed by atoms with Crippen LogP contribution in [0.1, 0.15) is 24.6 Å². The number of piperidine rings is 1. The number of nitrogens with one attached hydrogen (secondary N) is 2. The molecule has 2 atom stereocenters. The third kappa shape index (κ3) is 4.07. The minimum Gasteiger partial charge on any atom is -0.348 e. The van der Waals surface area contributed by atoms with Crippen molar-refractivity contribution in [1.29, 1.82) is 0 Å². The third-order valence-corrected chi connectivity index (χ3v) is 3.62. The fraction of sp³-hybridized carbons (Fsp3) is 0.467. The topological polar surface area (TPSA) is 49.8 Å². The molecule has 0 bridgehead atoms. The summed E-state index contributed by atoms with van der Waals surface area (Å²) in [7, 11) is 0. The van der Waals surface area contributed by atoms with Gasteiger partial charge in [-0.25, -0.2) is 14.4 Å². The molecule has 0 aromatic carbocycles. The van der Waals surface area contributed by atoms with Crippen LogP contribution in [0.15, 0.2) is 24.9 Å². The molecule has 1 aliphatic heterocycles. The number of hydrogen-bond acceptors (Lipinski definition) is 4. The summed E-state index contributed by atoms with van der Waals surface area (Å²) >= 11 is 0. The van der Waals surface area contributed by atoms with Gasteiger partial charge >= 0.3 is 6.18 Å². The second kappa shape index (κ2) is 7.08. The molecule has 2 rings (SSSR count). The normalized spacial score (nSPS) is 22.7. The summed E-state index contributed by atoms with van der Waals surface area (Å²) in [5.41, 5.74) is -0.972. The van der Waals surface area contributed by atoms with Crippen LogP contribution in [0.5, 0.6) is 0 Å². The highest BCUT2D eigenvalue weighted by molar-refractivity contribution is 5.73. The molecule has 1 fully saturated rings. The summed E-state index contributed by atoms with van der Waals surface area (Å²) in [4.78, 5) is 7.64. The first-order valence-corrected chi connectivity index (χ1v) is 7.21. The number of nitrogens with zero attached hydrogens (tertiary/aromatic N) is 2. The molecule has 0 amide bonds. The van der Waals surface area contributed by atoms with Crippen LogP contribution in [0.4, 0.5) is 23.5 Å². The zero-order valence-corrected chi connectivity index (χ0v) is 12.6. The molecular formula is C15H18F4N4. The molecule has 0 saturated carbocycles. The number of aromatic nitrogens is 2. The van der Waals surface area contributed by atoms with Gasteiger partial charge in [-0.3, -0.25) is 0 Å². The van der Waals surface area contributed by atoms with Gasteiger partial charge in [0.15, 0.2) is 0 Å². The fourth-order valence-corrected chi connectivity index (χ4v) is 2.38. The summed E-state index contributed by atoms with van der Waals surface area (Å²) in [5.74, 6) is -0.0243. The van der Waals surface area contributed by atoms with E-state index in [0.717, 1.165) is 0 Å². The first kappa shape index (κ1) is 17.4. The molecular weight excluding hydrogens is 312 g/mol. The van der Waals surface area contributed by atoms with Gasteiger partial charge in [-0.15, -0.1) is 0 Å². The molecule has 1 aliphatic rings. The Kier molecular flexibility index (Phi) is 5.35. The molecule has 0 spiro atoms. The van der Waals surface area contributed by atoms with Crippen molar-refractivity contribution in [3.8, 4) is 0 Å². The van der Waals surface area contributed by atoms with Gasteiger partial charge in [-0.2, -0.15) is 13.2 Å². The Balaban J connectivity index is 2.36. The highest BCUT2D eigenvalue weighted by Gasteiger charge is 2.36. The molecule has 0 radical (unpaired) electrons. The second-order valence-corrected chi connectivity index (χ2v) is 5.16. The van der Waals surface area contributed by atoms with Crippen LogP contribution in [0.3, 0.4) is 0 Å². The first-order valence-electron chi connectivity index (χ1n) is 7.21. The van der Waals surface area contributed by atoms with Gasteiger partial charge in [-0.05, 0) is 25.5 Å². The number of anilines is 1. The summed E-state index contributed by atoms with van der Waals surface area (Å²) in [6, 6.07) is -0.529. The molecule has 0 aliphatic carbocycles. The molecule has 1 aromatic heterocycles. The lowest BCUT2D eigenvalue weighted by Crippen LogP contribution is -2.45. The average Bonchev–Trinajstić information content (AvgIpc) is 2.50. The van der Waals surface area contributed by atoms with Gasteiger partial charge in [0.05, 0.1) is 11.7 Å². The Hall–Kier alpha value is -1.96. The number of hydrogen-bond donors (Lipinski definition) is 2. The van der Waals surface area contributed by atoms with Gasteiger partial charge in [0, 0.05) is 12.7 Å². The van der Waals surface area contributed by atoms with Gasteiger partial charge in [-0.1, -0.05) is 18.7 Å².